The average Bonchev–Trinajstić information content (AvgIpc) is 2.94. The van der Waals surface area contributed by atoms with Gasteiger partial charge < -0.3 is 18.8 Å². The van der Waals surface area contributed by atoms with Gasteiger partial charge in [0.2, 0.25) is 0 Å². The van der Waals surface area contributed by atoms with Gasteiger partial charge in [-0.1, -0.05) is 0 Å². The fraction of sp³-hybridized carbons (Fsp3) is 0.765. The van der Waals surface area contributed by atoms with Crippen molar-refractivity contribution >= 4 is 0 Å². The maximum atomic E-state index is 6.23. The zero-order valence-electron chi connectivity index (χ0n) is 14.4. The van der Waals surface area contributed by atoms with Gasteiger partial charge in [-0.15, -0.1) is 0 Å². The third-order valence-electron chi connectivity index (χ3n) is 4.61. The Balaban J connectivity index is 1.61. The smallest absolute Gasteiger partial charge is 0.117 e. The van der Waals surface area contributed by atoms with E-state index < -0.39 is 0 Å². The molecule has 2 fully saturated rings. The third kappa shape index (κ3) is 4.78. The van der Waals surface area contributed by atoms with Crippen molar-refractivity contribution in [2.75, 3.05) is 73.2 Å². The summed E-state index contributed by atoms with van der Waals surface area (Å²) in [5.74, 6) is 0. The Morgan fingerprint density at radius 3 is 2.78 bits per heavy atom. The van der Waals surface area contributed by atoms with Crippen molar-refractivity contribution in [1.29, 1.82) is 0 Å². The van der Waals surface area contributed by atoms with Crippen LogP contribution in [0.5, 0.6) is 0 Å². The molecule has 0 amide bonds. The highest BCUT2D eigenvalue weighted by Gasteiger charge is 2.40. The van der Waals surface area contributed by atoms with Crippen LogP contribution in [0.15, 0.2) is 23.0 Å². The Bertz CT molecular complexity index is 466. The first-order valence-corrected chi connectivity index (χ1v) is 8.47. The van der Waals surface area contributed by atoms with E-state index in [-0.39, 0.29) is 5.60 Å². The first-order valence-electron chi connectivity index (χ1n) is 8.47. The number of furan rings is 1. The zero-order chi connectivity index (χ0) is 16.1. The first kappa shape index (κ1) is 16.9. The van der Waals surface area contributed by atoms with Gasteiger partial charge in [0.15, 0.2) is 0 Å². The minimum atomic E-state index is -0.204. The topological polar surface area (TPSA) is 41.3 Å². The molecule has 0 radical (unpaired) electrons. The molecule has 0 aliphatic carbocycles. The predicted octanol–water partition coefficient (Wildman–Crippen LogP) is 0.744. The maximum absolute atomic E-state index is 6.23. The molecule has 1 aromatic heterocycles. The molecule has 3 heterocycles. The van der Waals surface area contributed by atoms with E-state index in [0.717, 1.165) is 59.0 Å². The molecule has 6 nitrogen and oxygen atoms in total. The van der Waals surface area contributed by atoms with Crippen LogP contribution in [0.4, 0.5) is 0 Å². The van der Waals surface area contributed by atoms with Gasteiger partial charge >= 0.3 is 0 Å². The quantitative estimate of drug-likeness (QED) is 0.796. The summed E-state index contributed by atoms with van der Waals surface area (Å²) in [5.41, 5.74) is 1.02. The number of hydrogen-bond acceptors (Lipinski definition) is 6. The minimum absolute atomic E-state index is 0.204. The molecule has 1 atom stereocenters. The fourth-order valence-corrected chi connectivity index (χ4v) is 3.40. The lowest BCUT2D eigenvalue weighted by atomic mass is 10.0. The standard InChI is InChI=1S/C17H29N3O3/c1-18(2)4-5-19-6-9-22-15-17(13-19)14-20(7-10-23-17)11-16-3-8-21-12-16/h3,8,12H,4-7,9-11,13-15H2,1-2H3/t17-/m1/s1. The molecule has 0 N–H and O–H groups in total. The summed E-state index contributed by atoms with van der Waals surface area (Å²) in [6.07, 6.45) is 3.57. The van der Waals surface area contributed by atoms with E-state index in [9.17, 15) is 0 Å². The van der Waals surface area contributed by atoms with Gasteiger partial charge in [0, 0.05) is 51.4 Å². The van der Waals surface area contributed by atoms with E-state index in [0.29, 0.717) is 6.61 Å². The van der Waals surface area contributed by atoms with Crippen molar-refractivity contribution in [2.45, 2.75) is 12.1 Å². The second-order valence-corrected chi connectivity index (χ2v) is 7.01. The highest BCUT2D eigenvalue weighted by atomic mass is 16.5. The van der Waals surface area contributed by atoms with Crippen LogP contribution in [0.1, 0.15) is 5.56 Å². The van der Waals surface area contributed by atoms with Gasteiger partial charge in [-0.2, -0.15) is 0 Å². The van der Waals surface area contributed by atoms with Crippen LogP contribution in [0.3, 0.4) is 0 Å². The Morgan fingerprint density at radius 2 is 2.00 bits per heavy atom. The van der Waals surface area contributed by atoms with Crippen molar-refractivity contribution in [3.63, 3.8) is 0 Å². The minimum Gasteiger partial charge on any atom is -0.472 e. The van der Waals surface area contributed by atoms with Gasteiger partial charge in [-0.3, -0.25) is 9.80 Å². The van der Waals surface area contributed by atoms with Crippen LogP contribution in [0, 0.1) is 0 Å². The highest BCUT2D eigenvalue weighted by Crippen LogP contribution is 2.23. The molecule has 2 aliphatic rings. The van der Waals surface area contributed by atoms with Gasteiger partial charge in [0.05, 0.1) is 32.3 Å². The van der Waals surface area contributed by atoms with Crippen molar-refractivity contribution in [2.24, 2.45) is 0 Å². The predicted molar refractivity (Wildman–Crippen MR) is 88.5 cm³/mol. The Morgan fingerprint density at radius 1 is 1.17 bits per heavy atom. The summed E-state index contributed by atoms with van der Waals surface area (Å²) in [6.45, 7) is 9.10. The van der Waals surface area contributed by atoms with E-state index in [1.165, 1.54) is 5.56 Å². The number of hydrogen-bond donors (Lipinski definition) is 0. The molecule has 1 aromatic rings. The van der Waals surface area contributed by atoms with Crippen LogP contribution in [0.2, 0.25) is 0 Å². The van der Waals surface area contributed by atoms with Crippen molar-refractivity contribution in [3.8, 4) is 0 Å². The largest absolute Gasteiger partial charge is 0.472 e. The molecule has 130 valence electrons. The molecule has 0 bridgehead atoms. The van der Waals surface area contributed by atoms with Gasteiger partial charge in [0.1, 0.15) is 5.60 Å². The van der Waals surface area contributed by atoms with Crippen LogP contribution in [-0.2, 0) is 16.0 Å². The van der Waals surface area contributed by atoms with E-state index in [1.54, 1.807) is 6.26 Å². The molecule has 0 saturated carbocycles. The Labute approximate surface area is 138 Å². The first-order chi connectivity index (χ1) is 11.2. The lowest BCUT2D eigenvalue weighted by Crippen LogP contribution is -2.58. The SMILES string of the molecule is CN(C)CCN1CCOC[C@@]2(C1)CN(Cc1ccoc1)CCO2. The van der Waals surface area contributed by atoms with E-state index in [1.807, 2.05) is 12.3 Å². The number of nitrogens with zero attached hydrogens (tertiary/aromatic N) is 3. The van der Waals surface area contributed by atoms with Crippen molar-refractivity contribution in [1.82, 2.24) is 14.7 Å². The monoisotopic (exact) mass is 323 g/mol. The summed E-state index contributed by atoms with van der Waals surface area (Å²) >= 11 is 0. The van der Waals surface area contributed by atoms with Crippen molar-refractivity contribution < 1.29 is 13.9 Å². The third-order valence-corrected chi connectivity index (χ3v) is 4.61. The molecule has 3 rings (SSSR count). The molecule has 23 heavy (non-hydrogen) atoms. The molecule has 1 spiro atoms. The Kier molecular flexibility index (Phi) is 5.71. The van der Waals surface area contributed by atoms with Gasteiger partial charge in [0.25, 0.3) is 0 Å². The number of likely N-dealkylation sites (N-methyl/N-ethyl adjacent to an activating group) is 1. The van der Waals surface area contributed by atoms with E-state index in [4.69, 9.17) is 13.9 Å². The van der Waals surface area contributed by atoms with Gasteiger partial charge in [-0.25, -0.2) is 0 Å². The van der Waals surface area contributed by atoms with Crippen LogP contribution >= 0.6 is 0 Å². The normalized spacial score (nSPS) is 27.6. The Hall–Kier alpha value is -0.920. The summed E-state index contributed by atoms with van der Waals surface area (Å²) in [4.78, 5) is 7.16. The molecule has 6 heteroatoms. The van der Waals surface area contributed by atoms with E-state index in [2.05, 4.69) is 28.8 Å². The molecule has 2 aliphatic heterocycles. The summed E-state index contributed by atoms with van der Waals surface area (Å²) < 4.78 is 17.3. The molecule has 0 aromatic carbocycles. The number of ether oxygens (including phenoxy) is 2. The van der Waals surface area contributed by atoms with Crippen LogP contribution in [0.25, 0.3) is 0 Å². The number of rotatable bonds is 5. The van der Waals surface area contributed by atoms with Gasteiger partial charge in [-0.05, 0) is 20.2 Å². The lowest BCUT2D eigenvalue weighted by molar-refractivity contribution is -0.143. The van der Waals surface area contributed by atoms with E-state index >= 15 is 0 Å². The molecular formula is C17H29N3O3. The fourth-order valence-electron chi connectivity index (χ4n) is 3.40. The molecule has 2 saturated heterocycles. The molecule has 0 unspecified atom stereocenters. The van der Waals surface area contributed by atoms with Crippen LogP contribution in [-0.4, -0.2) is 93.5 Å². The second kappa shape index (κ2) is 7.77. The average molecular weight is 323 g/mol. The second-order valence-electron chi connectivity index (χ2n) is 7.01. The summed E-state index contributed by atoms with van der Waals surface area (Å²) in [5, 5.41) is 0. The zero-order valence-corrected chi connectivity index (χ0v) is 14.4. The number of morpholine rings is 1. The highest BCUT2D eigenvalue weighted by molar-refractivity contribution is 5.06. The lowest BCUT2D eigenvalue weighted by Gasteiger charge is -2.43. The maximum Gasteiger partial charge on any atom is 0.117 e. The van der Waals surface area contributed by atoms with Crippen LogP contribution < -0.4 is 0 Å². The summed E-state index contributed by atoms with van der Waals surface area (Å²) in [7, 11) is 4.24. The molecular weight excluding hydrogens is 294 g/mol. The summed E-state index contributed by atoms with van der Waals surface area (Å²) in [6, 6.07) is 2.04. The van der Waals surface area contributed by atoms with Crippen molar-refractivity contribution in [3.05, 3.63) is 24.2 Å².